The van der Waals surface area contributed by atoms with Gasteiger partial charge in [0.15, 0.2) is 17.5 Å². The average molecular weight is 474 g/mol. The molecule has 0 saturated heterocycles. The number of fused-ring (bicyclic) bond motifs is 3. The van der Waals surface area contributed by atoms with Crippen LogP contribution in [-0.4, -0.2) is 15.0 Å². The number of benzene rings is 5. The Kier molecular flexibility index (Phi) is 5.18. The third kappa shape index (κ3) is 3.91. The molecule has 0 saturated carbocycles. The summed E-state index contributed by atoms with van der Waals surface area (Å²) in [5.74, 6) is 2.04. The zero-order valence-corrected chi connectivity index (χ0v) is 20.2. The molecule has 0 spiro atoms. The van der Waals surface area contributed by atoms with Crippen LogP contribution in [0.25, 0.3) is 56.4 Å². The molecule has 1 aliphatic rings. The van der Waals surface area contributed by atoms with Gasteiger partial charge in [-0.15, -0.1) is 0 Å². The van der Waals surface area contributed by atoms with Crippen molar-refractivity contribution in [3.05, 3.63) is 139 Å². The molecule has 0 bridgehead atoms. The zero-order valence-electron chi connectivity index (χ0n) is 20.2. The Morgan fingerprint density at radius 1 is 0.378 bits per heavy atom. The number of aromatic nitrogens is 3. The second kappa shape index (κ2) is 8.96. The van der Waals surface area contributed by atoms with Crippen molar-refractivity contribution in [2.75, 3.05) is 0 Å². The van der Waals surface area contributed by atoms with Crippen LogP contribution < -0.4 is 0 Å². The van der Waals surface area contributed by atoms with Crippen LogP contribution in [0.3, 0.4) is 0 Å². The number of hydrogen-bond acceptors (Lipinski definition) is 3. The highest BCUT2D eigenvalue weighted by Crippen LogP contribution is 2.43. The Morgan fingerprint density at radius 2 is 0.892 bits per heavy atom. The topological polar surface area (TPSA) is 38.7 Å². The fourth-order valence-electron chi connectivity index (χ4n) is 5.17. The lowest BCUT2D eigenvalue weighted by molar-refractivity contribution is 1.07. The van der Waals surface area contributed by atoms with Gasteiger partial charge in [-0.3, -0.25) is 0 Å². The summed E-state index contributed by atoms with van der Waals surface area (Å²) in [5, 5.41) is 0. The molecular weight excluding hydrogens is 450 g/mol. The first-order valence-corrected chi connectivity index (χ1v) is 12.5. The predicted octanol–water partition coefficient (Wildman–Crippen LogP) is 8.11. The molecule has 1 aromatic heterocycles. The molecule has 0 radical (unpaired) electrons. The van der Waals surface area contributed by atoms with Crippen molar-refractivity contribution in [3.63, 3.8) is 0 Å². The summed E-state index contributed by atoms with van der Waals surface area (Å²) >= 11 is 0. The van der Waals surface area contributed by atoms with Crippen LogP contribution in [0, 0.1) is 0 Å². The summed E-state index contributed by atoms with van der Waals surface area (Å²) in [4.78, 5) is 14.7. The molecule has 0 fully saturated rings. The van der Waals surface area contributed by atoms with E-state index in [2.05, 4.69) is 66.7 Å². The molecule has 0 unspecified atom stereocenters. The van der Waals surface area contributed by atoms with Crippen molar-refractivity contribution in [3.8, 4) is 56.4 Å². The SMILES string of the molecule is c1ccc(-c2nc(-c3ccccc3)nc(-c3ccc4c(c3)-c3cccc(-c5ccccc5)c3C4)n2)cc1. The first kappa shape index (κ1) is 21.4. The Labute approximate surface area is 216 Å². The quantitative estimate of drug-likeness (QED) is 0.259. The molecule has 6 aromatic rings. The lowest BCUT2D eigenvalue weighted by atomic mass is 9.96. The van der Waals surface area contributed by atoms with E-state index in [1.807, 2.05) is 60.7 Å². The minimum absolute atomic E-state index is 0.678. The van der Waals surface area contributed by atoms with Gasteiger partial charge in [-0.05, 0) is 45.9 Å². The fourth-order valence-corrected chi connectivity index (χ4v) is 5.17. The second-order valence-electron chi connectivity index (χ2n) is 9.28. The molecule has 5 aromatic carbocycles. The van der Waals surface area contributed by atoms with Crippen LogP contribution in [-0.2, 0) is 6.42 Å². The van der Waals surface area contributed by atoms with E-state index >= 15 is 0 Å². The maximum absolute atomic E-state index is 4.92. The van der Waals surface area contributed by atoms with Gasteiger partial charge in [-0.25, -0.2) is 15.0 Å². The smallest absolute Gasteiger partial charge is 0.164 e. The van der Waals surface area contributed by atoms with E-state index in [1.165, 1.54) is 33.4 Å². The molecule has 1 heterocycles. The minimum Gasteiger partial charge on any atom is -0.208 e. The summed E-state index contributed by atoms with van der Waals surface area (Å²) in [6.45, 7) is 0. The van der Waals surface area contributed by atoms with Gasteiger partial charge in [-0.2, -0.15) is 0 Å². The molecule has 0 N–H and O–H groups in total. The first-order valence-electron chi connectivity index (χ1n) is 12.5. The number of rotatable bonds is 4. The van der Waals surface area contributed by atoms with Gasteiger partial charge < -0.3 is 0 Å². The van der Waals surface area contributed by atoms with E-state index in [1.54, 1.807) is 0 Å². The molecule has 3 nitrogen and oxygen atoms in total. The largest absolute Gasteiger partial charge is 0.208 e. The zero-order chi connectivity index (χ0) is 24.6. The number of hydrogen-bond donors (Lipinski definition) is 0. The second-order valence-corrected chi connectivity index (χ2v) is 9.28. The molecule has 37 heavy (non-hydrogen) atoms. The molecule has 1 aliphatic carbocycles. The van der Waals surface area contributed by atoms with Crippen LogP contribution in [0.5, 0.6) is 0 Å². The van der Waals surface area contributed by atoms with Crippen molar-refractivity contribution >= 4 is 0 Å². The molecular formula is C34H23N3. The van der Waals surface area contributed by atoms with E-state index in [0.717, 1.165) is 23.1 Å². The van der Waals surface area contributed by atoms with E-state index in [9.17, 15) is 0 Å². The summed E-state index contributed by atoms with van der Waals surface area (Å²) in [7, 11) is 0. The maximum Gasteiger partial charge on any atom is 0.164 e. The summed E-state index contributed by atoms with van der Waals surface area (Å²) in [5.41, 5.74) is 10.8. The van der Waals surface area contributed by atoms with E-state index in [4.69, 9.17) is 15.0 Å². The average Bonchev–Trinajstić information content (AvgIpc) is 3.36. The molecule has 7 rings (SSSR count). The van der Waals surface area contributed by atoms with E-state index in [0.29, 0.717) is 17.5 Å². The van der Waals surface area contributed by atoms with Gasteiger partial charge in [0.1, 0.15) is 0 Å². The lowest BCUT2D eigenvalue weighted by Gasteiger charge is -2.10. The third-order valence-electron chi connectivity index (χ3n) is 6.99. The van der Waals surface area contributed by atoms with Gasteiger partial charge in [0, 0.05) is 16.7 Å². The first-order chi connectivity index (χ1) is 18.3. The number of nitrogens with zero attached hydrogens (tertiary/aromatic N) is 3. The van der Waals surface area contributed by atoms with Crippen molar-refractivity contribution in [2.45, 2.75) is 6.42 Å². The maximum atomic E-state index is 4.92. The van der Waals surface area contributed by atoms with Gasteiger partial charge in [-0.1, -0.05) is 121 Å². The molecule has 3 heteroatoms. The van der Waals surface area contributed by atoms with Crippen molar-refractivity contribution in [2.24, 2.45) is 0 Å². The Morgan fingerprint density at radius 3 is 1.49 bits per heavy atom. The van der Waals surface area contributed by atoms with Crippen molar-refractivity contribution in [1.82, 2.24) is 15.0 Å². The highest BCUT2D eigenvalue weighted by molar-refractivity contribution is 5.86. The van der Waals surface area contributed by atoms with Crippen molar-refractivity contribution < 1.29 is 0 Å². The van der Waals surface area contributed by atoms with Gasteiger partial charge >= 0.3 is 0 Å². The molecule has 0 atom stereocenters. The van der Waals surface area contributed by atoms with Crippen LogP contribution >= 0.6 is 0 Å². The monoisotopic (exact) mass is 473 g/mol. The van der Waals surface area contributed by atoms with Crippen LogP contribution in [0.2, 0.25) is 0 Å². The van der Waals surface area contributed by atoms with Crippen LogP contribution in [0.15, 0.2) is 127 Å². The van der Waals surface area contributed by atoms with Gasteiger partial charge in [0.05, 0.1) is 0 Å². The van der Waals surface area contributed by atoms with Crippen LogP contribution in [0.4, 0.5) is 0 Å². The highest BCUT2D eigenvalue weighted by Gasteiger charge is 2.23. The lowest BCUT2D eigenvalue weighted by Crippen LogP contribution is -2.00. The van der Waals surface area contributed by atoms with Crippen molar-refractivity contribution in [1.29, 1.82) is 0 Å². The minimum atomic E-state index is 0.678. The third-order valence-corrected chi connectivity index (χ3v) is 6.99. The summed E-state index contributed by atoms with van der Waals surface area (Å²) < 4.78 is 0. The van der Waals surface area contributed by atoms with Gasteiger partial charge in [0.25, 0.3) is 0 Å². The Hall–Kier alpha value is -4.89. The van der Waals surface area contributed by atoms with Crippen LogP contribution in [0.1, 0.15) is 11.1 Å². The fraction of sp³-hybridized carbons (Fsp3) is 0.0294. The predicted molar refractivity (Wildman–Crippen MR) is 150 cm³/mol. The standard InChI is InChI=1S/C34H23N3/c1-4-11-23(12-5-1)28-17-10-18-29-30-22-27(20-19-26(30)21-31(28)29)34-36-32(24-13-6-2-7-14-24)35-33(37-34)25-15-8-3-9-16-25/h1-20,22H,21H2. The Balaban J connectivity index is 1.37. The van der Waals surface area contributed by atoms with E-state index < -0.39 is 0 Å². The normalized spacial score (nSPS) is 11.7. The molecule has 0 aliphatic heterocycles. The molecule has 174 valence electrons. The van der Waals surface area contributed by atoms with Gasteiger partial charge in [0.2, 0.25) is 0 Å². The summed E-state index contributed by atoms with van der Waals surface area (Å²) in [6, 6.07) is 44.1. The van der Waals surface area contributed by atoms with E-state index in [-0.39, 0.29) is 0 Å². The Bertz CT molecular complexity index is 1670. The molecule has 0 amide bonds. The highest BCUT2D eigenvalue weighted by atomic mass is 15.0. The summed E-state index contributed by atoms with van der Waals surface area (Å²) in [6.07, 6.45) is 0.928.